The highest BCUT2D eigenvalue weighted by atomic mass is 32.2. The number of aliphatic hydroxyl groups is 1. The second kappa shape index (κ2) is 9.56. The maximum Gasteiger partial charge on any atom is 0.328 e. The van der Waals surface area contributed by atoms with E-state index in [4.69, 9.17) is 10.2 Å². The normalized spacial score (nSPS) is 15.0. The summed E-state index contributed by atoms with van der Waals surface area (Å²) in [5.74, 6) is -1.59. The molecule has 7 N–H and O–H groups in total. The molecule has 0 aliphatic heterocycles. The molecular formula is C11H22N3O5S+. The van der Waals surface area contributed by atoms with Crippen LogP contribution < -0.4 is 16.4 Å². The Bertz CT molecular complexity index is 353. The largest absolute Gasteiger partial charge is 0.480 e. The topological polar surface area (TPSA) is 143 Å². The van der Waals surface area contributed by atoms with Gasteiger partial charge in [-0.3, -0.25) is 9.59 Å². The van der Waals surface area contributed by atoms with E-state index in [1.54, 1.807) is 11.8 Å². The van der Waals surface area contributed by atoms with Gasteiger partial charge in [0, 0.05) is 6.42 Å². The van der Waals surface area contributed by atoms with Crippen molar-refractivity contribution in [3.63, 3.8) is 0 Å². The van der Waals surface area contributed by atoms with Crippen molar-refractivity contribution in [2.75, 3.05) is 18.6 Å². The summed E-state index contributed by atoms with van der Waals surface area (Å²) in [6.45, 7) is 0.720. The highest BCUT2D eigenvalue weighted by Gasteiger charge is 2.25. The number of nitrogens with one attached hydrogen (secondary N) is 2. The van der Waals surface area contributed by atoms with Crippen molar-refractivity contribution in [3.05, 3.63) is 0 Å². The van der Waals surface area contributed by atoms with Crippen LogP contribution >= 0.6 is 11.8 Å². The number of hydrogen-bond donors (Lipinski definition) is 5. The Morgan fingerprint density at radius 3 is 2.30 bits per heavy atom. The molecule has 0 saturated carbocycles. The molecule has 0 aromatic carbocycles. The summed E-state index contributed by atoms with van der Waals surface area (Å²) in [6, 6.07) is -2.74. The average molecular weight is 308 g/mol. The van der Waals surface area contributed by atoms with Gasteiger partial charge in [-0.2, -0.15) is 11.8 Å². The number of thioether (sulfide) groups is 1. The first-order chi connectivity index (χ1) is 9.33. The van der Waals surface area contributed by atoms with Gasteiger partial charge in [0.2, 0.25) is 5.91 Å². The van der Waals surface area contributed by atoms with Gasteiger partial charge in [-0.15, -0.1) is 0 Å². The van der Waals surface area contributed by atoms with Crippen LogP contribution in [0.25, 0.3) is 0 Å². The summed E-state index contributed by atoms with van der Waals surface area (Å²) in [4.78, 5) is 34.1. The number of quaternary nitrogens is 1. The van der Waals surface area contributed by atoms with Gasteiger partial charge in [-0.25, -0.2) is 4.79 Å². The Balaban J connectivity index is 4.31. The zero-order chi connectivity index (χ0) is 15.7. The summed E-state index contributed by atoms with van der Waals surface area (Å²) < 4.78 is 0. The van der Waals surface area contributed by atoms with E-state index in [0.717, 1.165) is 5.75 Å². The summed E-state index contributed by atoms with van der Waals surface area (Å²) in [6.07, 6.45) is 2.51. The van der Waals surface area contributed by atoms with Crippen molar-refractivity contribution in [2.24, 2.45) is 0 Å². The van der Waals surface area contributed by atoms with Gasteiger partial charge in [-0.05, 0) is 18.9 Å². The molecule has 0 radical (unpaired) electrons. The number of aliphatic hydroxyl groups excluding tert-OH is 1. The number of carbonyl (C=O) groups excluding carboxylic acids is 2. The van der Waals surface area contributed by atoms with Gasteiger partial charge in [0.25, 0.3) is 5.91 Å². The van der Waals surface area contributed by atoms with Crippen molar-refractivity contribution in [3.8, 4) is 0 Å². The lowest BCUT2D eigenvalue weighted by molar-refractivity contribution is -0.404. The van der Waals surface area contributed by atoms with Crippen molar-refractivity contribution in [1.82, 2.24) is 10.6 Å². The van der Waals surface area contributed by atoms with Crippen molar-refractivity contribution >= 4 is 29.5 Å². The highest BCUT2D eigenvalue weighted by Crippen LogP contribution is 1.98. The van der Waals surface area contributed by atoms with E-state index in [-0.39, 0.29) is 5.91 Å². The second-order valence-electron chi connectivity index (χ2n) is 4.29. The SMILES string of the molecule is CSCC[C@H]([NH3+])C(=O)N[C@@H](C)C(=O)N[C@@H](CO)C(=O)O. The predicted octanol–water partition coefficient (Wildman–Crippen LogP) is -2.58. The number of carboxylic acids is 1. The van der Waals surface area contributed by atoms with Crippen LogP contribution in [-0.2, 0) is 14.4 Å². The molecule has 3 atom stereocenters. The third-order valence-electron chi connectivity index (χ3n) is 2.59. The van der Waals surface area contributed by atoms with Gasteiger partial charge in [-0.1, -0.05) is 0 Å². The number of rotatable bonds is 9. The Labute approximate surface area is 121 Å². The monoisotopic (exact) mass is 308 g/mol. The van der Waals surface area contributed by atoms with Crippen LogP contribution in [0.2, 0.25) is 0 Å². The number of hydrogen-bond acceptors (Lipinski definition) is 5. The van der Waals surface area contributed by atoms with Crippen molar-refractivity contribution in [2.45, 2.75) is 31.5 Å². The second-order valence-corrected chi connectivity index (χ2v) is 5.28. The molecule has 0 unspecified atom stereocenters. The van der Waals surface area contributed by atoms with E-state index in [0.29, 0.717) is 6.42 Å². The Kier molecular flexibility index (Phi) is 8.93. The maximum absolute atomic E-state index is 11.7. The molecule has 0 bridgehead atoms. The fourth-order valence-corrected chi connectivity index (χ4v) is 1.79. The summed E-state index contributed by atoms with van der Waals surface area (Å²) >= 11 is 1.59. The molecule has 0 aliphatic rings. The van der Waals surface area contributed by atoms with Gasteiger partial charge < -0.3 is 26.6 Å². The minimum atomic E-state index is -1.38. The molecule has 0 spiro atoms. The first-order valence-corrected chi connectivity index (χ1v) is 7.49. The third kappa shape index (κ3) is 6.73. The van der Waals surface area contributed by atoms with Crippen LogP contribution in [-0.4, -0.2) is 64.7 Å². The van der Waals surface area contributed by atoms with E-state index in [2.05, 4.69) is 16.4 Å². The zero-order valence-corrected chi connectivity index (χ0v) is 12.4. The minimum absolute atomic E-state index is 0.363. The van der Waals surface area contributed by atoms with E-state index in [1.165, 1.54) is 6.92 Å². The van der Waals surface area contributed by atoms with Crippen LogP contribution in [0.15, 0.2) is 0 Å². The molecule has 0 aromatic rings. The molecule has 0 aliphatic carbocycles. The maximum atomic E-state index is 11.7. The van der Waals surface area contributed by atoms with Crippen LogP contribution in [0.5, 0.6) is 0 Å². The lowest BCUT2D eigenvalue weighted by atomic mass is 10.2. The number of amides is 2. The molecule has 9 heteroatoms. The van der Waals surface area contributed by atoms with Crippen LogP contribution in [0.4, 0.5) is 0 Å². The summed E-state index contributed by atoms with van der Waals surface area (Å²) in [7, 11) is 0. The number of carboxylic acid groups (broad SMARTS) is 1. The van der Waals surface area contributed by atoms with Gasteiger partial charge >= 0.3 is 5.97 Å². The lowest BCUT2D eigenvalue weighted by Gasteiger charge is -2.18. The first kappa shape index (κ1) is 18.7. The molecule has 0 fully saturated rings. The smallest absolute Gasteiger partial charge is 0.328 e. The Morgan fingerprint density at radius 1 is 1.25 bits per heavy atom. The van der Waals surface area contributed by atoms with Gasteiger partial charge in [0.1, 0.15) is 12.1 Å². The van der Waals surface area contributed by atoms with Gasteiger partial charge in [0.05, 0.1) is 6.61 Å². The third-order valence-corrected chi connectivity index (χ3v) is 3.23. The van der Waals surface area contributed by atoms with E-state index in [1.807, 2.05) is 6.26 Å². The van der Waals surface area contributed by atoms with Crippen LogP contribution in [0.3, 0.4) is 0 Å². The molecule has 0 rings (SSSR count). The molecule has 2 amide bonds. The molecular weight excluding hydrogens is 286 g/mol. The summed E-state index contributed by atoms with van der Waals surface area (Å²) in [5.41, 5.74) is 3.70. The predicted molar refractivity (Wildman–Crippen MR) is 73.9 cm³/mol. The molecule has 0 aromatic heterocycles. The van der Waals surface area contributed by atoms with Gasteiger partial charge in [0.15, 0.2) is 6.04 Å². The zero-order valence-electron chi connectivity index (χ0n) is 11.6. The van der Waals surface area contributed by atoms with Crippen LogP contribution in [0, 0.1) is 0 Å². The average Bonchev–Trinajstić information content (AvgIpc) is 2.40. The highest BCUT2D eigenvalue weighted by molar-refractivity contribution is 7.98. The van der Waals surface area contributed by atoms with Crippen molar-refractivity contribution < 1.29 is 30.3 Å². The lowest BCUT2D eigenvalue weighted by Crippen LogP contribution is -2.69. The molecule has 20 heavy (non-hydrogen) atoms. The Morgan fingerprint density at radius 2 is 1.85 bits per heavy atom. The van der Waals surface area contributed by atoms with Crippen molar-refractivity contribution in [1.29, 1.82) is 0 Å². The van der Waals surface area contributed by atoms with E-state index in [9.17, 15) is 14.4 Å². The number of aliphatic carboxylic acids is 1. The first-order valence-electron chi connectivity index (χ1n) is 6.09. The van der Waals surface area contributed by atoms with E-state index < -0.39 is 36.6 Å². The Hall–Kier alpha value is -1.32. The summed E-state index contributed by atoms with van der Waals surface area (Å²) in [5, 5.41) is 22.1. The molecule has 116 valence electrons. The molecule has 8 nitrogen and oxygen atoms in total. The molecule has 0 saturated heterocycles. The quantitative estimate of drug-likeness (QED) is 0.316. The number of carbonyl (C=O) groups is 3. The van der Waals surface area contributed by atoms with E-state index >= 15 is 0 Å². The fourth-order valence-electron chi connectivity index (χ4n) is 1.27. The molecule has 0 heterocycles. The minimum Gasteiger partial charge on any atom is -0.480 e. The van der Waals surface area contributed by atoms with Crippen LogP contribution in [0.1, 0.15) is 13.3 Å². The standard InChI is InChI=1S/C11H21N3O5S/c1-6(9(16)14-8(5-15)11(18)19)13-10(17)7(12)3-4-20-2/h6-8,15H,3-5,12H2,1-2H3,(H,13,17)(H,14,16)(H,18,19)/p+1/t6-,7-,8-/m0/s1. The fraction of sp³-hybridized carbons (Fsp3) is 0.727.